The number of nitrogens with one attached hydrogen (secondary N) is 1. The second-order valence-corrected chi connectivity index (χ2v) is 4.73. The topological polar surface area (TPSA) is 34.1 Å². The molecule has 0 aliphatic rings. The van der Waals surface area contributed by atoms with Gasteiger partial charge in [0, 0.05) is 6.04 Å². The Morgan fingerprint density at radius 3 is 2.75 bits per heavy atom. The summed E-state index contributed by atoms with van der Waals surface area (Å²) in [6.07, 6.45) is 1.62. The lowest BCUT2D eigenvalue weighted by atomic mass is 10.2. The lowest BCUT2D eigenvalue weighted by Gasteiger charge is -2.12. The summed E-state index contributed by atoms with van der Waals surface area (Å²) in [6.45, 7) is 6.88. The molecule has 1 heterocycles. The van der Waals surface area contributed by atoms with Crippen LogP contribution < -0.4 is 10.1 Å². The first-order valence-electron chi connectivity index (χ1n) is 6.73. The van der Waals surface area contributed by atoms with Crippen LogP contribution in [0.15, 0.2) is 36.5 Å². The van der Waals surface area contributed by atoms with Crippen LogP contribution in [0.3, 0.4) is 0 Å². The maximum Gasteiger partial charge on any atom is 0.165 e. The third kappa shape index (κ3) is 3.54. The smallest absolute Gasteiger partial charge is 0.165 e. The van der Waals surface area contributed by atoms with E-state index in [0.717, 1.165) is 17.8 Å². The maximum absolute atomic E-state index is 13.6. The molecule has 0 aliphatic carbocycles. The van der Waals surface area contributed by atoms with Gasteiger partial charge >= 0.3 is 0 Å². The van der Waals surface area contributed by atoms with Gasteiger partial charge < -0.3 is 10.1 Å². The number of rotatable bonds is 5. The highest BCUT2D eigenvalue weighted by atomic mass is 19.1. The highest BCUT2D eigenvalue weighted by Crippen LogP contribution is 2.25. The monoisotopic (exact) mass is 274 g/mol. The van der Waals surface area contributed by atoms with Crippen LogP contribution in [0, 0.1) is 12.7 Å². The number of aryl methyl sites for hydroxylation is 1. The molecule has 4 heteroatoms. The zero-order valence-electron chi connectivity index (χ0n) is 12.0. The highest BCUT2D eigenvalue weighted by Gasteiger charge is 2.08. The summed E-state index contributed by atoms with van der Waals surface area (Å²) in [6, 6.07) is 8.66. The van der Waals surface area contributed by atoms with Gasteiger partial charge in [-0.1, -0.05) is 13.0 Å². The van der Waals surface area contributed by atoms with Crippen molar-refractivity contribution in [1.82, 2.24) is 10.3 Å². The van der Waals surface area contributed by atoms with E-state index in [1.54, 1.807) is 24.4 Å². The van der Waals surface area contributed by atoms with E-state index in [-0.39, 0.29) is 17.6 Å². The molecule has 0 bridgehead atoms. The van der Waals surface area contributed by atoms with Crippen molar-refractivity contribution in [3.8, 4) is 11.5 Å². The summed E-state index contributed by atoms with van der Waals surface area (Å²) < 4.78 is 19.1. The van der Waals surface area contributed by atoms with Crippen molar-refractivity contribution in [3.05, 3.63) is 53.6 Å². The second-order valence-electron chi connectivity index (χ2n) is 4.73. The van der Waals surface area contributed by atoms with E-state index in [0.29, 0.717) is 5.75 Å². The van der Waals surface area contributed by atoms with Crippen LogP contribution >= 0.6 is 0 Å². The van der Waals surface area contributed by atoms with E-state index in [1.165, 1.54) is 6.07 Å². The molecular weight excluding hydrogens is 255 g/mol. The molecule has 0 saturated heterocycles. The second kappa shape index (κ2) is 6.48. The first kappa shape index (κ1) is 14.5. The molecular formula is C16H19FN2O. The molecule has 2 rings (SSSR count). The van der Waals surface area contributed by atoms with Crippen LogP contribution in [-0.4, -0.2) is 11.5 Å². The standard InChI is InChI=1S/C16H19FN2O/c1-4-18-12(3)15-8-6-13(10-19-15)20-16-9-11(2)5-7-14(16)17/h5-10,12,18H,4H2,1-3H3. The zero-order chi connectivity index (χ0) is 14.5. The largest absolute Gasteiger partial charge is 0.453 e. The van der Waals surface area contributed by atoms with Gasteiger partial charge in [-0.05, 0) is 50.2 Å². The van der Waals surface area contributed by atoms with Gasteiger partial charge in [-0.3, -0.25) is 4.98 Å². The number of aromatic nitrogens is 1. The normalized spacial score (nSPS) is 12.2. The maximum atomic E-state index is 13.6. The number of hydrogen-bond acceptors (Lipinski definition) is 3. The summed E-state index contributed by atoms with van der Waals surface area (Å²) in [4.78, 5) is 4.34. The van der Waals surface area contributed by atoms with E-state index < -0.39 is 0 Å². The molecule has 2 aromatic rings. The average Bonchev–Trinajstić information content (AvgIpc) is 2.44. The number of benzene rings is 1. The minimum Gasteiger partial charge on any atom is -0.453 e. The van der Waals surface area contributed by atoms with Gasteiger partial charge in [-0.2, -0.15) is 0 Å². The zero-order valence-corrected chi connectivity index (χ0v) is 12.0. The first-order valence-corrected chi connectivity index (χ1v) is 6.73. The van der Waals surface area contributed by atoms with Crippen LogP contribution in [-0.2, 0) is 0 Å². The van der Waals surface area contributed by atoms with Crippen LogP contribution in [0.4, 0.5) is 4.39 Å². The van der Waals surface area contributed by atoms with E-state index >= 15 is 0 Å². The fourth-order valence-corrected chi connectivity index (χ4v) is 1.93. The van der Waals surface area contributed by atoms with Crippen molar-refractivity contribution >= 4 is 0 Å². The van der Waals surface area contributed by atoms with E-state index in [1.807, 2.05) is 19.9 Å². The minimum atomic E-state index is -0.374. The fraction of sp³-hybridized carbons (Fsp3) is 0.312. The number of pyridine rings is 1. The van der Waals surface area contributed by atoms with Gasteiger partial charge in [0.05, 0.1) is 11.9 Å². The Balaban J connectivity index is 2.12. The summed E-state index contributed by atoms with van der Waals surface area (Å²) >= 11 is 0. The first-order chi connectivity index (χ1) is 9.60. The molecule has 0 fully saturated rings. The predicted octanol–water partition coefficient (Wildman–Crippen LogP) is 3.99. The molecule has 1 aromatic heterocycles. The van der Waals surface area contributed by atoms with Crippen LogP contribution in [0.2, 0.25) is 0 Å². The highest BCUT2D eigenvalue weighted by molar-refractivity contribution is 5.34. The molecule has 1 N–H and O–H groups in total. The molecule has 1 aromatic carbocycles. The summed E-state index contributed by atoms with van der Waals surface area (Å²) in [7, 11) is 0. The van der Waals surface area contributed by atoms with Gasteiger partial charge in [0.1, 0.15) is 5.75 Å². The Labute approximate surface area is 118 Å². The average molecular weight is 274 g/mol. The lowest BCUT2D eigenvalue weighted by molar-refractivity contribution is 0.439. The third-order valence-electron chi connectivity index (χ3n) is 3.03. The molecule has 0 spiro atoms. The number of nitrogens with zero attached hydrogens (tertiary/aromatic N) is 1. The van der Waals surface area contributed by atoms with Gasteiger partial charge in [-0.25, -0.2) is 4.39 Å². The van der Waals surface area contributed by atoms with Crippen molar-refractivity contribution in [3.63, 3.8) is 0 Å². The minimum absolute atomic E-state index is 0.185. The van der Waals surface area contributed by atoms with Gasteiger partial charge in [0.15, 0.2) is 11.6 Å². The van der Waals surface area contributed by atoms with Crippen molar-refractivity contribution in [2.75, 3.05) is 6.54 Å². The van der Waals surface area contributed by atoms with Crippen molar-refractivity contribution < 1.29 is 9.13 Å². The van der Waals surface area contributed by atoms with Gasteiger partial charge in [0.25, 0.3) is 0 Å². The Kier molecular flexibility index (Phi) is 4.69. The SMILES string of the molecule is CCNC(C)c1ccc(Oc2cc(C)ccc2F)cn1. The molecule has 0 saturated carbocycles. The Morgan fingerprint density at radius 1 is 1.30 bits per heavy atom. The van der Waals surface area contributed by atoms with Gasteiger partial charge in [-0.15, -0.1) is 0 Å². The van der Waals surface area contributed by atoms with Crippen LogP contribution in [0.1, 0.15) is 31.1 Å². The molecule has 0 amide bonds. The van der Waals surface area contributed by atoms with Crippen LogP contribution in [0.25, 0.3) is 0 Å². The molecule has 106 valence electrons. The van der Waals surface area contributed by atoms with Crippen molar-refractivity contribution in [1.29, 1.82) is 0 Å². The van der Waals surface area contributed by atoms with E-state index in [4.69, 9.17) is 4.74 Å². The molecule has 1 atom stereocenters. The molecule has 1 unspecified atom stereocenters. The summed E-state index contributed by atoms with van der Waals surface area (Å²) in [5, 5.41) is 3.28. The molecule has 3 nitrogen and oxygen atoms in total. The number of ether oxygens (including phenoxy) is 1. The summed E-state index contributed by atoms with van der Waals surface area (Å²) in [5.41, 5.74) is 1.88. The van der Waals surface area contributed by atoms with Crippen molar-refractivity contribution in [2.24, 2.45) is 0 Å². The van der Waals surface area contributed by atoms with Crippen LogP contribution in [0.5, 0.6) is 11.5 Å². The molecule has 20 heavy (non-hydrogen) atoms. The lowest BCUT2D eigenvalue weighted by Crippen LogP contribution is -2.18. The summed E-state index contributed by atoms with van der Waals surface area (Å²) in [5.74, 6) is 0.377. The Morgan fingerprint density at radius 2 is 2.10 bits per heavy atom. The molecule has 0 aliphatic heterocycles. The quantitative estimate of drug-likeness (QED) is 0.895. The van der Waals surface area contributed by atoms with E-state index in [2.05, 4.69) is 17.2 Å². The number of halogens is 1. The Hall–Kier alpha value is -1.94. The fourth-order valence-electron chi connectivity index (χ4n) is 1.93. The van der Waals surface area contributed by atoms with Gasteiger partial charge in [0.2, 0.25) is 0 Å². The number of hydrogen-bond donors (Lipinski definition) is 1. The third-order valence-corrected chi connectivity index (χ3v) is 3.03. The predicted molar refractivity (Wildman–Crippen MR) is 77.5 cm³/mol. The van der Waals surface area contributed by atoms with E-state index in [9.17, 15) is 4.39 Å². The molecule has 0 radical (unpaired) electrons. The Bertz CT molecular complexity index is 569. The van der Waals surface area contributed by atoms with Crippen molar-refractivity contribution in [2.45, 2.75) is 26.8 Å².